The van der Waals surface area contributed by atoms with Crippen LogP contribution in [0.4, 0.5) is 0 Å². The van der Waals surface area contributed by atoms with E-state index in [1.807, 2.05) is 19.1 Å². The molecule has 90 valence electrons. The first-order chi connectivity index (χ1) is 7.70. The lowest BCUT2D eigenvalue weighted by atomic mass is 10.2. The second kappa shape index (κ2) is 6.45. The molecule has 0 aliphatic heterocycles. The number of ether oxygens (including phenoxy) is 1. The first kappa shape index (κ1) is 12.9. The van der Waals surface area contributed by atoms with Crippen LogP contribution in [0.3, 0.4) is 0 Å². The van der Waals surface area contributed by atoms with Crippen LogP contribution in [0.2, 0.25) is 0 Å². The summed E-state index contributed by atoms with van der Waals surface area (Å²) in [7, 11) is 1.69. The number of hydrogen-bond donors (Lipinski definition) is 1. The summed E-state index contributed by atoms with van der Waals surface area (Å²) < 4.78 is 6.77. The van der Waals surface area contributed by atoms with Gasteiger partial charge in [0.25, 0.3) is 5.56 Å². The molecule has 1 heterocycles. The van der Waals surface area contributed by atoms with Gasteiger partial charge >= 0.3 is 0 Å². The Morgan fingerprint density at radius 2 is 2.12 bits per heavy atom. The van der Waals surface area contributed by atoms with Crippen molar-refractivity contribution < 1.29 is 4.74 Å². The average Bonchev–Trinajstić information content (AvgIpc) is 2.28. The van der Waals surface area contributed by atoms with Gasteiger partial charge in [0.05, 0.1) is 0 Å². The summed E-state index contributed by atoms with van der Waals surface area (Å²) in [6.45, 7) is 3.72. The number of aryl methyl sites for hydroxylation is 1. The summed E-state index contributed by atoms with van der Waals surface area (Å²) in [5.41, 5.74) is 7.22. The molecule has 0 aromatic carbocycles. The van der Waals surface area contributed by atoms with Crippen LogP contribution in [-0.2, 0) is 17.8 Å². The van der Waals surface area contributed by atoms with E-state index >= 15 is 0 Å². The number of pyridine rings is 1. The molecule has 0 amide bonds. The molecule has 1 rings (SSSR count). The highest BCUT2D eigenvalue weighted by Crippen LogP contribution is 2.01. The summed E-state index contributed by atoms with van der Waals surface area (Å²) in [5.74, 6) is 0. The van der Waals surface area contributed by atoms with E-state index in [2.05, 4.69) is 0 Å². The standard InChI is InChI=1S/C12H20N2O2/c1-10-5-6-11(9-13)12(15)14(10)7-3-4-8-16-2/h5-6H,3-4,7-9,13H2,1-2H3. The molecule has 0 bridgehead atoms. The lowest BCUT2D eigenvalue weighted by Gasteiger charge is -2.11. The molecule has 16 heavy (non-hydrogen) atoms. The van der Waals surface area contributed by atoms with E-state index in [0.29, 0.717) is 12.1 Å². The van der Waals surface area contributed by atoms with Crippen molar-refractivity contribution >= 4 is 0 Å². The van der Waals surface area contributed by atoms with Gasteiger partial charge in [-0.2, -0.15) is 0 Å². The number of nitrogens with zero attached hydrogens (tertiary/aromatic N) is 1. The molecular formula is C12H20N2O2. The Labute approximate surface area is 96.0 Å². The van der Waals surface area contributed by atoms with E-state index in [1.165, 1.54) is 0 Å². The Bertz CT molecular complexity index is 385. The van der Waals surface area contributed by atoms with E-state index in [0.717, 1.165) is 31.7 Å². The van der Waals surface area contributed by atoms with Gasteiger partial charge in [-0.25, -0.2) is 0 Å². The average molecular weight is 224 g/mol. The van der Waals surface area contributed by atoms with Crippen molar-refractivity contribution in [2.24, 2.45) is 5.73 Å². The first-order valence-electron chi connectivity index (χ1n) is 5.59. The summed E-state index contributed by atoms with van der Waals surface area (Å²) >= 11 is 0. The summed E-state index contributed by atoms with van der Waals surface area (Å²) in [4.78, 5) is 11.9. The van der Waals surface area contributed by atoms with Crippen LogP contribution in [0.25, 0.3) is 0 Å². The fraction of sp³-hybridized carbons (Fsp3) is 0.583. The molecule has 0 aliphatic carbocycles. The van der Waals surface area contributed by atoms with Crippen molar-refractivity contribution in [3.63, 3.8) is 0 Å². The molecule has 0 radical (unpaired) electrons. The minimum Gasteiger partial charge on any atom is -0.385 e. The molecule has 4 heteroatoms. The lowest BCUT2D eigenvalue weighted by Crippen LogP contribution is -2.27. The fourth-order valence-corrected chi connectivity index (χ4v) is 1.67. The monoisotopic (exact) mass is 224 g/mol. The highest BCUT2D eigenvalue weighted by molar-refractivity contribution is 5.15. The first-order valence-corrected chi connectivity index (χ1v) is 5.59. The molecule has 0 fully saturated rings. The van der Waals surface area contributed by atoms with Crippen molar-refractivity contribution in [1.29, 1.82) is 0 Å². The predicted molar refractivity (Wildman–Crippen MR) is 64.4 cm³/mol. The molecule has 1 aromatic heterocycles. The van der Waals surface area contributed by atoms with Crippen LogP contribution in [0.15, 0.2) is 16.9 Å². The van der Waals surface area contributed by atoms with Gasteiger partial charge < -0.3 is 15.0 Å². The zero-order valence-electron chi connectivity index (χ0n) is 10.0. The highest BCUT2D eigenvalue weighted by atomic mass is 16.5. The SMILES string of the molecule is COCCCCn1c(C)ccc(CN)c1=O. The number of hydrogen-bond acceptors (Lipinski definition) is 3. The minimum absolute atomic E-state index is 0.0416. The Kier molecular flexibility index (Phi) is 5.22. The normalized spacial score (nSPS) is 10.7. The van der Waals surface area contributed by atoms with E-state index in [9.17, 15) is 4.79 Å². The smallest absolute Gasteiger partial charge is 0.255 e. The van der Waals surface area contributed by atoms with Gasteiger partial charge in [0.1, 0.15) is 0 Å². The third-order valence-electron chi connectivity index (χ3n) is 2.67. The zero-order valence-corrected chi connectivity index (χ0v) is 10.0. The maximum atomic E-state index is 11.9. The number of nitrogens with two attached hydrogens (primary N) is 1. The van der Waals surface area contributed by atoms with E-state index in [1.54, 1.807) is 11.7 Å². The van der Waals surface area contributed by atoms with Gasteiger partial charge in [0.15, 0.2) is 0 Å². The largest absolute Gasteiger partial charge is 0.385 e. The zero-order chi connectivity index (χ0) is 12.0. The molecule has 0 saturated carbocycles. The Hall–Kier alpha value is -1.13. The molecule has 2 N–H and O–H groups in total. The van der Waals surface area contributed by atoms with Crippen molar-refractivity contribution in [2.75, 3.05) is 13.7 Å². The molecule has 0 atom stereocenters. The predicted octanol–water partition coefficient (Wildman–Crippen LogP) is 1.04. The maximum Gasteiger partial charge on any atom is 0.255 e. The van der Waals surface area contributed by atoms with Crippen LogP contribution in [-0.4, -0.2) is 18.3 Å². The number of aromatic nitrogens is 1. The summed E-state index contributed by atoms with van der Waals surface area (Å²) in [6, 6.07) is 3.75. The quantitative estimate of drug-likeness (QED) is 0.735. The second-order valence-corrected chi connectivity index (χ2v) is 3.86. The number of rotatable bonds is 6. The topological polar surface area (TPSA) is 57.2 Å². The summed E-state index contributed by atoms with van der Waals surface area (Å²) in [6.07, 6.45) is 1.91. The van der Waals surface area contributed by atoms with Crippen LogP contribution < -0.4 is 11.3 Å². The number of unbranched alkanes of at least 4 members (excludes halogenated alkanes) is 1. The van der Waals surface area contributed by atoms with E-state index in [-0.39, 0.29) is 5.56 Å². The van der Waals surface area contributed by atoms with E-state index in [4.69, 9.17) is 10.5 Å². The van der Waals surface area contributed by atoms with Gasteiger partial charge in [0, 0.05) is 38.1 Å². The molecule has 4 nitrogen and oxygen atoms in total. The molecule has 0 saturated heterocycles. The molecule has 0 unspecified atom stereocenters. The Balaban J connectivity index is 2.74. The van der Waals surface area contributed by atoms with Gasteiger partial charge in [0.2, 0.25) is 0 Å². The van der Waals surface area contributed by atoms with Crippen molar-refractivity contribution in [3.8, 4) is 0 Å². The van der Waals surface area contributed by atoms with Gasteiger partial charge in [-0.1, -0.05) is 6.07 Å². The maximum absolute atomic E-state index is 11.9. The van der Waals surface area contributed by atoms with Gasteiger partial charge in [-0.15, -0.1) is 0 Å². The minimum atomic E-state index is 0.0416. The van der Waals surface area contributed by atoms with Gasteiger partial charge in [-0.3, -0.25) is 4.79 Å². The Morgan fingerprint density at radius 3 is 2.75 bits per heavy atom. The van der Waals surface area contributed by atoms with Crippen LogP contribution in [0.5, 0.6) is 0 Å². The lowest BCUT2D eigenvalue weighted by molar-refractivity contribution is 0.191. The molecule has 0 spiro atoms. The third kappa shape index (κ3) is 3.18. The van der Waals surface area contributed by atoms with Crippen molar-refractivity contribution in [1.82, 2.24) is 4.57 Å². The molecular weight excluding hydrogens is 204 g/mol. The number of methoxy groups -OCH3 is 1. The fourth-order valence-electron chi connectivity index (χ4n) is 1.67. The van der Waals surface area contributed by atoms with Crippen molar-refractivity contribution in [3.05, 3.63) is 33.7 Å². The Morgan fingerprint density at radius 1 is 1.38 bits per heavy atom. The summed E-state index contributed by atoms with van der Waals surface area (Å²) in [5, 5.41) is 0. The highest BCUT2D eigenvalue weighted by Gasteiger charge is 2.04. The van der Waals surface area contributed by atoms with Crippen molar-refractivity contribution in [2.45, 2.75) is 32.9 Å². The third-order valence-corrected chi connectivity index (χ3v) is 2.67. The van der Waals surface area contributed by atoms with Gasteiger partial charge in [-0.05, 0) is 25.8 Å². The van der Waals surface area contributed by atoms with Crippen LogP contribution in [0.1, 0.15) is 24.1 Å². The molecule has 0 aliphatic rings. The molecule has 1 aromatic rings. The van der Waals surface area contributed by atoms with E-state index < -0.39 is 0 Å². The second-order valence-electron chi connectivity index (χ2n) is 3.86. The van der Waals surface area contributed by atoms with Crippen LogP contribution in [0, 0.1) is 6.92 Å². The van der Waals surface area contributed by atoms with Crippen LogP contribution >= 0.6 is 0 Å².